The van der Waals surface area contributed by atoms with Crippen LogP contribution in [0.3, 0.4) is 0 Å². The van der Waals surface area contributed by atoms with Crippen LogP contribution < -0.4 is 11.1 Å². The van der Waals surface area contributed by atoms with Crippen LogP contribution >= 0.6 is 0 Å². The van der Waals surface area contributed by atoms with Gasteiger partial charge < -0.3 is 16.0 Å². The maximum atomic E-state index is 11.5. The Morgan fingerprint density at radius 1 is 1.50 bits per heavy atom. The Kier molecular flexibility index (Phi) is 4.58. The summed E-state index contributed by atoms with van der Waals surface area (Å²) in [4.78, 5) is 13.1. The van der Waals surface area contributed by atoms with Crippen LogP contribution in [-0.2, 0) is 4.79 Å². The summed E-state index contributed by atoms with van der Waals surface area (Å²) in [7, 11) is 3.50. The third-order valence-electron chi connectivity index (χ3n) is 2.75. The quantitative estimate of drug-likeness (QED) is 0.828. The number of hydrogen-bond acceptors (Lipinski definition) is 4. The van der Waals surface area contributed by atoms with E-state index in [1.807, 2.05) is 25.5 Å². The molecule has 1 aromatic heterocycles. The molecule has 0 saturated heterocycles. The minimum atomic E-state index is 0.0911. The number of aromatic nitrogens is 2. The second-order valence-electron chi connectivity index (χ2n) is 4.85. The van der Waals surface area contributed by atoms with Gasteiger partial charge in [-0.05, 0) is 20.8 Å². The number of carbonyl (C=O) groups excluding carboxylic acids is 1. The zero-order chi connectivity index (χ0) is 13.9. The molecule has 6 nitrogen and oxygen atoms in total. The van der Waals surface area contributed by atoms with E-state index in [1.165, 1.54) is 0 Å². The van der Waals surface area contributed by atoms with Crippen molar-refractivity contribution >= 4 is 17.4 Å². The van der Waals surface area contributed by atoms with Gasteiger partial charge in [-0.15, -0.1) is 0 Å². The number of nitrogens with one attached hydrogen (secondary N) is 1. The Morgan fingerprint density at radius 2 is 2.11 bits per heavy atom. The molecular weight excluding hydrogens is 230 g/mol. The smallest absolute Gasteiger partial charge is 0.223 e. The molecule has 0 atom stereocenters. The monoisotopic (exact) mass is 253 g/mol. The second kappa shape index (κ2) is 5.75. The molecule has 1 heterocycles. The summed E-state index contributed by atoms with van der Waals surface area (Å²) in [6.07, 6.45) is 0.439. The number of nitrogen functional groups attached to an aromatic ring is 1. The van der Waals surface area contributed by atoms with Gasteiger partial charge in [0.25, 0.3) is 0 Å². The van der Waals surface area contributed by atoms with E-state index >= 15 is 0 Å². The third-order valence-corrected chi connectivity index (χ3v) is 2.75. The molecule has 0 aliphatic rings. The van der Waals surface area contributed by atoms with E-state index in [0.29, 0.717) is 18.7 Å². The van der Waals surface area contributed by atoms with Crippen molar-refractivity contribution in [2.24, 2.45) is 0 Å². The van der Waals surface area contributed by atoms with E-state index < -0.39 is 0 Å². The Labute approximate surface area is 108 Å². The molecule has 1 aromatic rings. The van der Waals surface area contributed by atoms with Gasteiger partial charge in [-0.3, -0.25) is 4.79 Å². The van der Waals surface area contributed by atoms with Crippen LogP contribution in [0.1, 0.15) is 32.0 Å². The molecule has 1 amide bonds. The van der Waals surface area contributed by atoms with Gasteiger partial charge in [0.2, 0.25) is 5.91 Å². The molecule has 0 aliphatic heterocycles. The minimum absolute atomic E-state index is 0.0911. The molecule has 0 spiro atoms. The summed E-state index contributed by atoms with van der Waals surface area (Å²) < 4.78 is 1.85. The van der Waals surface area contributed by atoms with Crippen molar-refractivity contribution in [2.45, 2.75) is 33.2 Å². The van der Waals surface area contributed by atoms with Crippen molar-refractivity contribution in [3.8, 4) is 0 Å². The van der Waals surface area contributed by atoms with Crippen LogP contribution in [0.4, 0.5) is 11.5 Å². The van der Waals surface area contributed by atoms with Gasteiger partial charge in [0, 0.05) is 33.1 Å². The molecule has 3 N–H and O–H groups in total. The molecule has 0 aromatic carbocycles. The third kappa shape index (κ3) is 3.15. The Morgan fingerprint density at radius 3 is 2.61 bits per heavy atom. The largest absolute Gasteiger partial charge is 0.394 e. The van der Waals surface area contributed by atoms with Crippen LogP contribution in [-0.4, -0.2) is 41.2 Å². The molecule has 0 bridgehead atoms. The predicted molar refractivity (Wildman–Crippen MR) is 73.6 cm³/mol. The number of aryl methyl sites for hydroxylation is 1. The predicted octanol–water partition coefficient (Wildman–Crippen LogP) is 1.24. The average Bonchev–Trinajstić information content (AvgIpc) is 2.56. The van der Waals surface area contributed by atoms with Crippen molar-refractivity contribution in [1.29, 1.82) is 0 Å². The lowest BCUT2D eigenvalue weighted by Gasteiger charge is -2.14. The van der Waals surface area contributed by atoms with E-state index in [1.54, 1.807) is 19.0 Å². The van der Waals surface area contributed by atoms with Gasteiger partial charge in [-0.2, -0.15) is 5.10 Å². The minimum Gasteiger partial charge on any atom is -0.394 e. The van der Waals surface area contributed by atoms with Crippen LogP contribution in [0.25, 0.3) is 0 Å². The van der Waals surface area contributed by atoms with E-state index in [2.05, 4.69) is 10.4 Å². The summed E-state index contributed by atoms with van der Waals surface area (Å²) in [5.74, 6) is 0.891. The lowest BCUT2D eigenvalue weighted by atomic mass is 10.3. The number of carbonyl (C=O) groups is 1. The molecule has 0 aliphatic carbocycles. The van der Waals surface area contributed by atoms with Gasteiger partial charge in [0.05, 0.1) is 11.4 Å². The molecule has 0 saturated carbocycles. The van der Waals surface area contributed by atoms with E-state index in [-0.39, 0.29) is 11.9 Å². The summed E-state index contributed by atoms with van der Waals surface area (Å²) in [6, 6.07) is 0.230. The molecule has 0 fully saturated rings. The van der Waals surface area contributed by atoms with E-state index in [0.717, 1.165) is 11.5 Å². The van der Waals surface area contributed by atoms with Crippen LogP contribution in [0.2, 0.25) is 0 Å². The average molecular weight is 253 g/mol. The SMILES string of the molecule is Cc1nn(C(C)C)c(NCCC(=O)N(C)C)c1N. The van der Waals surface area contributed by atoms with Crippen molar-refractivity contribution in [3.63, 3.8) is 0 Å². The lowest BCUT2D eigenvalue weighted by Crippen LogP contribution is -2.24. The van der Waals surface area contributed by atoms with Gasteiger partial charge in [-0.1, -0.05) is 0 Å². The summed E-state index contributed by atoms with van der Waals surface area (Å²) >= 11 is 0. The highest BCUT2D eigenvalue weighted by atomic mass is 16.2. The van der Waals surface area contributed by atoms with E-state index in [9.17, 15) is 4.79 Å². The van der Waals surface area contributed by atoms with Gasteiger partial charge in [0.15, 0.2) is 0 Å². The van der Waals surface area contributed by atoms with Crippen molar-refractivity contribution in [2.75, 3.05) is 31.7 Å². The molecular formula is C12H23N5O. The van der Waals surface area contributed by atoms with Crippen molar-refractivity contribution < 1.29 is 4.79 Å². The fraction of sp³-hybridized carbons (Fsp3) is 0.667. The van der Waals surface area contributed by atoms with Crippen LogP contribution in [0, 0.1) is 6.92 Å². The topological polar surface area (TPSA) is 76.2 Å². The lowest BCUT2D eigenvalue weighted by molar-refractivity contribution is -0.128. The Hall–Kier alpha value is -1.72. The van der Waals surface area contributed by atoms with Crippen LogP contribution in [0.5, 0.6) is 0 Å². The standard InChI is InChI=1S/C12H23N5O/c1-8(2)17-12(11(13)9(3)15-17)14-7-6-10(18)16(4)5/h8,14H,6-7,13H2,1-5H3. The van der Waals surface area contributed by atoms with Crippen LogP contribution in [0.15, 0.2) is 0 Å². The first-order valence-corrected chi connectivity index (χ1v) is 6.13. The Bertz CT molecular complexity index is 422. The van der Waals surface area contributed by atoms with Crippen molar-refractivity contribution in [1.82, 2.24) is 14.7 Å². The number of nitrogens with zero attached hydrogens (tertiary/aromatic N) is 3. The first-order chi connectivity index (χ1) is 8.34. The first kappa shape index (κ1) is 14.3. The zero-order valence-corrected chi connectivity index (χ0v) is 11.8. The van der Waals surface area contributed by atoms with Gasteiger partial charge in [0.1, 0.15) is 5.82 Å². The van der Waals surface area contributed by atoms with Crippen molar-refractivity contribution in [3.05, 3.63) is 5.69 Å². The Balaban J connectivity index is 2.70. The molecule has 18 heavy (non-hydrogen) atoms. The zero-order valence-electron chi connectivity index (χ0n) is 11.8. The number of anilines is 2. The summed E-state index contributed by atoms with van der Waals surface area (Å²) in [5.41, 5.74) is 7.44. The highest BCUT2D eigenvalue weighted by Gasteiger charge is 2.14. The molecule has 6 heteroatoms. The van der Waals surface area contributed by atoms with Gasteiger partial charge in [-0.25, -0.2) is 4.68 Å². The maximum absolute atomic E-state index is 11.5. The molecule has 0 radical (unpaired) electrons. The fourth-order valence-corrected chi connectivity index (χ4v) is 1.62. The molecule has 0 unspecified atom stereocenters. The highest BCUT2D eigenvalue weighted by Crippen LogP contribution is 2.25. The molecule has 102 valence electrons. The molecule has 1 rings (SSSR count). The summed E-state index contributed by atoms with van der Waals surface area (Å²) in [6.45, 7) is 6.52. The number of amides is 1. The normalized spacial score (nSPS) is 10.8. The number of hydrogen-bond donors (Lipinski definition) is 2. The summed E-state index contributed by atoms with van der Waals surface area (Å²) in [5, 5.41) is 7.57. The fourth-order valence-electron chi connectivity index (χ4n) is 1.62. The maximum Gasteiger partial charge on any atom is 0.223 e. The van der Waals surface area contributed by atoms with Gasteiger partial charge >= 0.3 is 0 Å². The highest BCUT2D eigenvalue weighted by molar-refractivity contribution is 5.76. The second-order valence-corrected chi connectivity index (χ2v) is 4.85. The first-order valence-electron chi connectivity index (χ1n) is 6.13. The number of nitrogens with two attached hydrogens (primary N) is 1. The van der Waals surface area contributed by atoms with E-state index in [4.69, 9.17) is 5.73 Å². The number of rotatable bonds is 5.